The molecule has 1 aromatic carbocycles. The van der Waals surface area contributed by atoms with Gasteiger partial charge in [-0.25, -0.2) is 13.8 Å². The quantitative estimate of drug-likeness (QED) is 0.568. The lowest BCUT2D eigenvalue weighted by molar-refractivity contribution is 0.576. The molecule has 1 saturated heterocycles. The van der Waals surface area contributed by atoms with Gasteiger partial charge in [-0.15, -0.1) is 11.3 Å². The topological polar surface area (TPSA) is 52.6 Å². The summed E-state index contributed by atoms with van der Waals surface area (Å²) in [6, 6.07) is 4.06. The van der Waals surface area contributed by atoms with E-state index in [1.807, 2.05) is 0 Å². The molecule has 2 heterocycles. The number of halogens is 2. The first-order valence-electron chi connectivity index (χ1n) is 9.58. The highest BCUT2D eigenvalue weighted by Crippen LogP contribution is 2.26. The zero-order chi connectivity index (χ0) is 20.1. The van der Waals surface area contributed by atoms with Gasteiger partial charge in [0.25, 0.3) is 0 Å². The first-order valence-corrected chi connectivity index (χ1v) is 10.5. The van der Waals surface area contributed by atoms with Crippen LogP contribution in [0.25, 0.3) is 0 Å². The molecule has 2 N–H and O–H groups in total. The van der Waals surface area contributed by atoms with Crippen LogP contribution in [0, 0.1) is 11.6 Å². The van der Waals surface area contributed by atoms with E-state index in [9.17, 15) is 8.78 Å². The van der Waals surface area contributed by atoms with Gasteiger partial charge in [-0.3, -0.25) is 4.99 Å². The summed E-state index contributed by atoms with van der Waals surface area (Å²) in [6.07, 6.45) is 1.61. The molecule has 0 aliphatic carbocycles. The summed E-state index contributed by atoms with van der Waals surface area (Å²) in [6.45, 7) is 6.14. The molecule has 1 aromatic heterocycles. The SMILES string of the molecule is CN=C(NCCc1csc(C(C)C)n1)NC1CCN(c2c(F)cccc2F)C1. The van der Waals surface area contributed by atoms with E-state index < -0.39 is 11.6 Å². The van der Waals surface area contributed by atoms with Crippen LogP contribution >= 0.6 is 11.3 Å². The molecule has 0 bridgehead atoms. The second-order valence-corrected chi connectivity index (χ2v) is 8.12. The molecule has 2 aromatic rings. The minimum Gasteiger partial charge on any atom is -0.365 e. The van der Waals surface area contributed by atoms with Crippen molar-refractivity contribution in [3.8, 4) is 0 Å². The van der Waals surface area contributed by atoms with Gasteiger partial charge in [-0.2, -0.15) is 0 Å². The van der Waals surface area contributed by atoms with Crippen LogP contribution in [0.3, 0.4) is 0 Å². The van der Waals surface area contributed by atoms with Gasteiger partial charge in [-0.05, 0) is 18.6 Å². The van der Waals surface area contributed by atoms with Gasteiger partial charge in [0.05, 0.1) is 10.7 Å². The van der Waals surface area contributed by atoms with Crippen LogP contribution in [0.15, 0.2) is 28.6 Å². The van der Waals surface area contributed by atoms with Crippen LogP contribution in [-0.2, 0) is 6.42 Å². The summed E-state index contributed by atoms with van der Waals surface area (Å²) in [4.78, 5) is 10.6. The Balaban J connectivity index is 1.48. The number of nitrogens with one attached hydrogen (secondary N) is 2. The lowest BCUT2D eigenvalue weighted by atomic mass is 10.2. The van der Waals surface area contributed by atoms with Gasteiger partial charge in [-0.1, -0.05) is 19.9 Å². The van der Waals surface area contributed by atoms with Gasteiger partial charge in [0.15, 0.2) is 5.96 Å². The van der Waals surface area contributed by atoms with E-state index in [1.54, 1.807) is 23.3 Å². The Morgan fingerprint density at radius 3 is 2.75 bits per heavy atom. The minimum atomic E-state index is -0.521. The van der Waals surface area contributed by atoms with Crippen LogP contribution < -0.4 is 15.5 Å². The van der Waals surface area contributed by atoms with E-state index in [-0.39, 0.29) is 11.7 Å². The lowest BCUT2D eigenvalue weighted by Crippen LogP contribution is -2.45. The minimum absolute atomic E-state index is 0.0548. The molecule has 1 atom stereocenters. The second kappa shape index (κ2) is 9.32. The van der Waals surface area contributed by atoms with E-state index in [4.69, 9.17) is 0 Å². The summed E-state index contributed by atoms with van der Waals surface area (Å²) >= 11 is 1.70. The Labute approximate surface area is 168 Å². The Hall–Kier alpha value is -2.22. The molecule has 5 nitrogen and oxygen atoms in total. The van der Waals surface area contributed by atoms with Crippen molar-refractivity contribution in [2.75, 3.05) is 31.6 Å². The monoisotopic (exact) mass is 407 g/mol. The molecule has 1 unspecified atom stereocenters. The number of para-hydroxylation sites is 1. The van der Waals surface area contributed by atoms with Gasteiger partial charge in [0, 0.05) is 50.4 Å². The van der Waals surface area contributed by atoms with Crippen molar-refractivity contribution in [2.24, 2.45) is 4.99 Å². The number of aromatic nitrogens is 1. The molecule has 8 heteroatoms. The van der Waals surface area contributed by atoms with Gasteiger partial charge >= 0.3 is 0 Å². The van der Waals surface area contributed by atoms with Crippen molar-refractivity contribution in [2.45, 2.75) is 38.6 Å². The zero-order valence-electron chi connectivity index (χ0n) is 16.5. The summed E-state index contributed by atoms with van der Waals surface area (Å²) < 4.78 is 28.0. The molecule has 0 saturated carbocycles. The molecule has 0 radical (unpaired) electrons. The van der Waals surface area contributed by atoms with E-state index in [2.05, 4.69) is 39.8 Å². The molecule has 1 aliphatic heterocycles. The molecule has 28 heavy (non-hydrogen) atoms. The summed E-state index contributed by atoms with van der Waals surface area (Å²) in [5, 5.41) is 9.90. The van der Waals surface area contributed by atoms with Gasteiger partial charge < -0.3 is 15.5 Å². The number of hydrogen-bond donors (Lipinski definition) is 2. The molecular weight excluding hydrogens is 380 g/mol. The Bertz CT molecular complexity index is 800. The maximum Gasteiger partial charge on any atom is 0.191 e. The lowest BCUT2D eigenvalue weighted by Gasteiger charge is -2.21. The maximum atomic E-state index is 14.0. The van der Waals surface area contributed by atoms with Crippen molar-refractivity contribution in [3.63, 3.8) is 0 Å². The molecule has 152 valence electrons. The third-order valence-electron chi connectivity index (χ3n) is 4.74. The molecule has 1 fully saturated rings. The fourth-order valence-corrected chi connectivity index (χ4v) is 4.14. The van der Waals surface area contributed by atoms with Crippen LogP contribution in [0.5, 0.6) is 0 Å². The number of hydrogen-bond acceptors (Lipinski definition) is 4. The van der Waals surface area contributed by atoms with Crippen LogP contribution in [0.2, 0.25) is 0 Å². The first kappa shape index (κ1) is 20.5. The number of guanidine groups is 1. The molecule has 0 amide bonds. The zero-order valence-corrected chi connectivity index (χ0v) is 17.3. The summed E-state index contributed by atoms with van der Waals surface area (Å²) in [5.74, 6) is 0.102. The predicted molar refractivity (Wildman–Crippen MR) is 111 cm³/mol. The number of nitrogens with zero attached hydrogens (tertiary/aromatic N) is 3. The fourth-order valence-electron chi connectivity index (χ4n) is 3.27. The van der Waals surface area contributed by atoms with Crippen LogP contribution in [0.1, 0.15) is 36.9 Å². The third-order valence-corrected chi connectivity index (χ3v) is 5.94. The second-order valence-electron chi connectivity index (χ2n) is 7.23. The summed E-state index contributed by atoms with van der Waals surface area (Å²) in [7, 11) is 1.72. The Morgan fingerprint density at radius 2 is 2.11 bits per heavy atom. The van der Waals surface area contributed by atoms with Gasteiger partial charge in [0.1, 0.15) is 17.3 Å². The average molecular weight is 408 g/mol. The number of thiazole rings is 1. The normalized spacial score (nSPS) is 17.4. The van der Waals surface area contributed by atoms with Crippen molar-refractivity contribution in [1.29, 1.82) is 0 Å². The molecule has 0 spiro atoms. The van der Waals surface area contributed by atoms with Crippen molar-refractivity contribution in [1.82, 2.24) is 15.6 Å². The number of benzene rings is 1. The Kier molecular flexibility index (Phi) is 6.83. The largest absolute Gasteiger partial charge is 0.365 e. The molecule has 1 aliphatic rings. The highest BCUT2D eigenvalue weighted by atomic mass is 32.1. The van der Waals surface area contributed by atoms with Crippen LogP contribution in [0.4, 0.5) is 14.5 Å². The fraction of sp³-hybridized carbons (Fsp3) is 0.500. The van der Waals surface area contributed by atoms with Crippen LogP contribution in [-0.4, -0.2) is 43.7 Å². The third kappa shape index (κ3) is 4.98. The standard InChI is InChI=1S/C20H27F2N5S/c1-13(2)19-25-15(12-28-19)7-9-24-20(23-3)26-14-8-10-27(11-14)18-16(21)5-4-6-17(18)22/h4-6,12-14H,7-11H2,1-3H3,(H2,23,24,26). The molecular formula is C20H27F2N5S. The highest BCUT2D eigenvalue weighted by Gasteiger charge is 2.27. The number of anilines is 1. The number of rotatable bonds is 6. The first-order chi connectivity index (χ1) is 13.5. The van der Waals surface area contributed by atoms with Crippen molar-refractivity contribution < 1.29 is 8.78 Å². The van der Waals surface area contributed by atoms with Gasteiger partial charge in [0.2, 0.25) is 0 Å². The number of aliphatic imine (C=N–C) groups is 1. The van der Waals surface area contributed by atoms with E-state index >= 15 is 0 Å². The predicted octanol–water partition coefficient (Wildman–Crippen LogP) is 3.53. The maximum absolute atomic E-state index is 14.0. The summed E-state index contributed by atoms with van der Waals surface area (Å²) in [5.41, 5.74) is 1.14. The van der Waals surface area contributed by atoms with E-state index in [1.165, 1.54) is 18.2 Å². The van der Waals surface area contributed by atoms with E-state index in [0.717, 1.165) is 30.1 Å². The highest BCUT2D eigenvalue weighted by molar-refractivity contribution is 7.09. The Morgan fingerprint density at radius 1 is 1.36 bits per heavy atom. The average Bonchev–Trinajstić information content (AvgIpc) is 3.31. The van der Waals surface area contributed by atoms with Crippen molar-refractivity contribution in [3.05, 3.63) is 45.9 Å². The smallest absolute Gasteiger partial charge is 0.191 e. The van der Waals surface area contributed by atoms with Crippen molar-refractivity contribution >= 4 is 23.0 Å². The molecule has 3 rings (SSSR count). The van der Waals surface area contributed by atoms with E-state index in [0.29, 0.717) is 25.0 Å².